The van der Waals surface area contributed by atoms with Crippen LogP contribution in [-0.4, -0.2) is 58.7 Å². The maximum atomic E-state index is 15.0. The highest BCUT2D eigenvalue weighted by Crippen LogP contribution is 2.64. The number of ether oxygens (including phenoxy) is 2. The Morgan fingerprint density at radius 1 is 0.792 bits per heavy atom. The molecule has 3 aliphatic rings. The fourth-order valence-corrected chi connectivity index (χ4v) is 8.56. The van der Waals surface area contributed by atoms with Gasteiger partial charge in [0.1, 0.15) is 29.9 Å². The van der Waals surface area contributed by atoms with Gasteiger partial charge in [-0.25, -0.2) is 0 Å². The summed E-state index contributed by atoms with van der Waals surface area (Å²) in [6.07, 6.45) is -1.81. The minimum Gasteiger partial charge on any atom is -0.491 e. The Morgan fingerprint density at radius 2 is 1.42 bits per heavy atom. The van der Waals surface area contributed by atoms with Gasteiger partial charge in [0.15, 0.2) is 0 Å². The normalized spacial score (nSPS) is 25.2. The second kappa shape index (κ2) is 14.3. The van der Waals surface area contributed by atoms with E-state index in [4.69, 9.17) is 9.47 Å². The third kappa shape index (κ3) is 5.85. The quantitative estimate of drug-likeness (QED) is 0.146. The lowest BCUT2D eigenvalue weighted by Gasteiger charge is -2.46. The molecule has 8 rings (SSSR count). The van der Waals surface area contributed by atoms with Crippen molar-refractivity contribution in [2.75, 3.05) is 25.1 Å². The van der Waals surface area contributed by atoms with Crippen LogP contribution >= 0.6 is 0 Å². The molecule has 0 aliphatic carbocycles. The predicted octanol–water partition coefficient (Wildman–Crippen LogP) is 5.18. The largest absolute Gasteiger partial charge is 0.491 e. The second-order valence-corrected chi connectivity index (χ2v) is 13.6. The van der Waals surface area contributed by atoms with Crippen LogP contribution in [0.3, 0.4) is 0 Å². The summed E-state index contributed by atoms with van der Waals surface area (Å²) < 4.78 is 12.1. The van der Waals surface area contributed by atoms with E-state index >= 15 is 0 Å². The maximum Gasteiger partial charge on any atom is 0.324 e. The van der Waals surface area contributed by atoms with Gasteiger partial charge in [-0.05, 0) is 46.0 Å². The van der Waals surface area contributed by atoms with Crippen LogP contribution in [0.2, 0.25) is 0 Å². The number of cyclic esters (lactones) is 1. The number of carbonyl (C=O) groups is 3. The number of nitrogens with one attached hydrogen (secondary N) is 2. The van der Waals surface area contributed by atoms with Gasteiger partial charge in [0.25, 0.3) is 0 Å². The lowest BCUT2D eigenvalue weighted by molar-refractivity contribution is -0.178. The summed E-state index contributed by atoms with van der Waals surface area (Å²) >= 11 is 0. The van der Waals surface area contributed by atoms with Gasteiger partial charge in [-0.2, -0.15) is 0 Å². The number of fused-ring (bicyclic) bond motifs is 3. The fourth-order valence-electron chi connectivity index (χ4n) is 8.56. The molecule has 1 spiro atoms. The summed E-state index contributed by atoms with van der Waals surface area (Å²) in [5, 5.41) is 26.5. The van der Waals surface area contributed by atoms with Crippen molar-refractivity contribution in [1.82, 2.24) is 10.2 Å². The number of rotatable bonds is 10. The summed E-state index contributed by atoms with van der Waals surface area (Å²) in [4.78, 5) is 46.7. The average molecular weight is 710 g/mol. The molecule has 5 aromatic carbocycles. The molecule has 53 heavy (non-hydrogen) atoms. The van der Waals surface area contributed by atoms with E-state index in [0.717, 1.165) is 11.1 Å². The molecule has 0 aromatic heterocycles. The van der Waals surface area contributed by atoms with Gasteiger partial charge in [0.2, 0.25) is 11.8 Å². The van der Waals surface area contributed by atoms with Crippen LogP contribution in [0.15, 0.2) is 140 Å². The number of benzene rings is 5. The van der Waals surface area contributed by atoms with Crippen molar-refractivity contribution >= 4 is 23.5 Å². The number of para-hydroxylation sites is 1. The number of aliphatic hydroxyl groups is 2. The zero-order valence-corrected chi connectivity index (χ0v) is 28.7. The van der Waals surface area contributed by atoms with Gasteiger partial charge in [-0.15, -0.1) is 0 Å². The van der Waals surface area contributed by atoms with E-state index in [1.807, 2.05) is 102 Å². The smallest absolute Gasteiger partial charge is 0.324 e. The van der Waals surface area contributed by atoms with E-state index in [2.05, 4.69) is 10.6 Å². The minimum atomic E-state index is -1.62. The lowest BCUT2D eigenvalue weighted by atomic mass is 9.65. The van der Waals surface area contributed by atoms with Crippen LogP contribution in [0.1, 0.15) is 52.1 Å². The van der Waals surface area contributed by atoms with Crippen molar-refractivity contribution in [3.8, 4) is 5.75 Å². The van der Waals surface area contributed by atoms with Crippen molar-refractivity contribution in [2.45, 2.75) is 35.7 Å². The summed E-state index contributed by atoms with van der Waals surface area (Å²) in [5.41, 5.74) is 2.43. The molecule has 3 heterocycles. The molecular weight excluding hydrogens is 670 g/mol. The van der Waals surface area contributed by atoms with Crippen molar-refractivity contribution in [2.24, 2.45) is 5.92 Å². The van der Waals surface area contributed by atoms with Gasteiger partial charge in [-0.3, -0.25) is 19.3 Å². The number of morpholine rings is 1. The van der Waals surface area contributed by atoms with Crippen molar-refractivity contribution in [3.63, 3.8) is 0 Å². The van der Waals surface area contributed by atoms with Gasteiger partial charge in [0, 0.05) is 12.2 Å². The average Bonchev–Trinajstić information content (AvgIpc) is 3.69. The number of carbonyl (C=O) groups excluding carboxylic acids is 3. The number of hydrogen-bond acceptors (Lipinski definition) is 8. The second-order valence-electron chi connectivity index (χ2n) is 13.6. The molecule has 0 bridgehead atoms. The maximum absolute atomic E-state index is 15.0. The van der Waals surface area contributed by atoms with E-state index in [0.29, 0.717) is 28.1 Å². The van der Waals surface area contributed by atoms with Crippen LogP contribution in [-0.2, 0) is 24.5 Å². The van der Waals surface area contributed by atoms with Crippen LogP contribution in [0.5, 0.6) is 5.75 Å². The van der Waals surface area contributed by atoms with Crippen molar-refractivity contribution < 1.29 is 34.1 Å². The molecule has 0 radical (unpaired) electrons. The van der Waals surface area contributed by atoms with E-state index in [1.54, 1.807) is 42.5 Å². The molecule has 10 heteroatoms. The summed E-state index contributed by atoms with van der Waals surface area (Å²) in [6.45, 7) is -0.192. The first kappa shape index (κ1) is 34.3. The van der Waals surface area contributed by atoms with E-state index in [-0.39, 0.29) is 19.8 Å². The van der Waals surface area contributed by atoms with E-state index in [1.165, 1.54) is 0 Å². The number of anilines is 1. The Balaban J connectivity index is 1.35. The number of aliphatic hydroxyl groups excluding tert-OH is 2. The third-order valence-corrected chi connectivity index (χ3v) is 10.7. The molecule has 2 saturated heterocycles. The van der Waals surface area contributed by atoms with Gasteiger partial charge in [0.05, 0.1) is 30.7 Å². The van der Waals surface area contributed by atoms with Crippen molar-refractivity contribution in [1.29, 1.82) is 0 Å². The van der Waals surface area contributed by atoms with Gasteiger partial charge >= 0.3 is 5.97 Å². The summed E-state index contributed by atoms with van der Waals surface area (Å²) in [6, 6.07) is 40.0. The first-order valence-corrected chi connectivity index (χ1v) is 17.8. The highest BCUT2D eigenvalue weighted by Gasteiger charge is 2.74. The number of nitrogens with zero attached hydrogens (tertiary/aromatic N) is 1. The molecule has 5 aromatic rings. The number of esters is 1. The molecule has 7 atom stereocenters. The SMILES string of the molecule is O=C1O[C@@H](c2ccccc2)[C@@H](c2ccccc2)N2[C@@H](c3ccc(OCCO)cc3)[C@]3(C(=O)Nc4ccccc43)[C@@H](C(=O)NC[C@H](O)c3ccccc3)[C@H]12. The lowest BCUT2D eigenvalue weighted by Crippen LogP contribution is -2.55. The van der Waals surface area contributed by atoms with Crippen LogP contribution in [0, 0.1) is 5.92 Å². The Hall–Kier alpha value is -5.81. The molecule has 0 saturated carbocycles. The number of hydrogen-bond donors (Lipinski definition) is 4. The minimum absolute atomic E-state index is 0.106. The molecule has 3 aliphatic heterocycles. The first-order chi connectivity index (χ1) is 25.9. The monoisotopic (exact) mass is 709 g/mol. The third-order valence-electron chi connectivity index (χ3n) is 10.7. The van der Waals surface area contributed by atoms with Crippen LogP contribution < -0.4 is 15.4 Å². The summed E-state index contributed by atoms with van der Waals surface area (Å²) in [7, 11) is 0. The Morgan fingerprint density at radius 3 is 2.09 bits per heavy atom. The topological polar surface area (TPSA) is 137 Å². The standard InChI is InChI=1S/C43H39N3O7/c47-24-25-52-31-22-20-30(21-23-31)39-43(32-18-10-11-19-33(32)45-42(43)51)35(40(49)44-26-34(48)27-12-4-1-5-13-27)37-41(50)53-38(29-16-8-3-9-17-29)36(46(37)39)28-14-6-2-7-15-28/h1-23,34-39,47-48H,24-26H2,(H,44,49)(H,45,51)/t34-,35+,36+,37+,38-,39-,43+/m0/s1. The fraction of sp³-hybridized carbons (Fsp3) is 0.233. The van der Waals surface area contributed by atoms with Crippen LogP contribution in [0.25, 0.3) is 0 Å². The first-order valence-electron chi connectivity index (χ1n) is 17.8. The number of amides is 2. The highest BCUT2D eigenvalue weighted by atomic mass is 16.6. The Labute approximate surface area is 307 Å². The molecular formula is C43H39N3O7. The summed E-state index contributed by atoms with van der Waals surface area (Å²) in [5.74, 6) is -2.36. The van der Waals surface area contributed by atoms with Crippen LogP contribution in [0.4, 0.5) is 5.69 Å². The Kier molecular flexibility index (Phi) is 9.26. The Bertz CT molecular complexity index is 2100. The van der Waals surface area contributed by atoms with E-state index < -0.39 is 59.5 Å². The molecule has 10 nitrogen and oxygen atoms in total. The molecule has 2 amide bonds. The zero-order chi connectivity index (χ0) is 36.5. The predicted molar refractivity (Wildman–Crippen MR) is 196 cm³/mol. The van der Waals surface area contributed by atoms with Gasteiger partial charge in [-0.1, -0.05) is 121 Å². The van der Waals surface area contributed by atoms with Crippen molar-refractivity contribution in [3.05, 3.63) is 167 Å². The zero-order valence-electron chi connectivity index (χ0n) is 28.7. The van der Waals surface area contributed by atoms with Gasteiger partial charge < -0.3 is 30.3 Å². The highest BCUT2D eigenvalue weighted by molar-refractivity contribution is 6.12. The molecule has 0 unspecified atom stereocenters. The molecule has 268 valence electrons. The van der Waals surface area contributed by atoms with E-state index in [9.17, 15) is 24.6 Å². The molecule has 4 N–H and O–H groups in total. The molecule has 2 fully saturated rings.